The zero-order chi connectivity index (χ0) is 13.8. The summed E-state index contributed by atoms with van der Waals surface area (Å²) in [5.74, 6) is 0. The Balaban J connectivity index is 2.34. The molecular formula is C14H12Cl3NS. The molecule has 0 saturated heterocycles. The Morgan fingerprint density at radius 1 is 0.947 bits per heavy atom. The first-order chi connectivity index (χ1) is 9.11. The molecule has 0 saturated carbocycles. The van der Waals surface area contributed by atoms with Crippen LogP contribution < -0.4 is 5.73 Å². The Kier molecular flexibility index (Phi) is 5.43. The molecule has 5 heteroatoms. The smallest absolute Gasteiger partial charge is 0.0603 e. The van der Waals surface area contributed by atoms with E-state index < -0.39 is 0 Å². The van der Waals surface area contributed by atoms with Crippen LogP contribution in [0.25, 0.3) is 0 Å². The van der Waals surface area contributed by atoms with Crippen LogP contribution in [0, 0.1) is 0 Å². The average molecular weight is 333 g/mol. The van der Waals surface area contributed by atoms with Gasteiger partial charge in [0.05, 0.1) is 15.1 Å². The molecule has 0 unspecified atom stereocenters. The highest BCUT2D eigenvalue weighted by Crippen LogP contribution is 2.38. The molecule has 100 valence electrons. The standard InChI is InChI=1S/C14H12Cl3NS/c15-11-5-4-10(8-13(11)17)19-14-9(6-7-18)2-1-3-12(14)16/h1-5,8H,6-7,18H2. The van der Waals surface area contributed by atoms with Crippen LogP contribution in [0.3, 0.4) is 0 Å². The van der Waals surface area contributed by atoms with Gasteiger partial charge < -0.3 is 5.73 Å². The van der Waals surface area contributed by atoms with Gasteiger partial charge in [0.25, 0.3) is 0 Å². The monoisotopic (exact) mass is 331 g/mol. The van der Waals surface area contributed by atoms with Gasteiger partial charge in [-0.3, -0.25) is 0 Å². The van der Waals surface area contributed by atoms with Crippen LogP contribution >= 0.6 is 46.6 Å². The lowest BCUT2D eigenvalue weighted by molar-refractivity contribution is 0.944. The second kappa shape index (κ2) is 6.87. The summed E-state index contributed by atoms with van der Waals surface area (Å²) < 4.78 is 0. The highest BCUT2D eigenvalue weighted by molar-refractivity contribution is 7.99. The summed E-state index contributed by atoms with van der Waals surface area (Å²) in [4.78, 5) is 2.02. The van der Waals surface area contributed by atoms with Crippen molar-refractivity contribution in [2.24, 2.45) is 5.73 Å². The largest absolute Gasteiger partial charge is 0.330 e. The molecule has 0 aliphatic rings. The third kappa shape index (κ3) is 3.80. The van der Waals surface area contributed by atoms with Crippen molar-refractivity contribution in [3.63, 3.8) is 0 Å². The molecule has 2 aromatic carbocycles. The summed E-state index contributed by atoms with van der Waals surface area (Å²) in [6, 6.07) is 11.4. The van der Waals surface area contributed by atoms with Crippen molar-refractivity contribution in [3.8, 4) is 0 Å². The van der Waals surface area contributed by atoms with Crippen molar-refractivity contribution in [1.29, 1.82) is 0 Å². The van der Waals surface area contributed by atoms with E-state index in [0.29, 0.717) is 16.6 Å². The molecule has 0 bridgehead atoms. The van der Waals surface area contributed by atoms with Crippen LogP contribution in [0.15, 0.2) is 46.2 Å². The minimum absolute atomic E-state index is 0.541. The molecule has 0 spiro atoms. The molecule has 0 radical (unpaired) electrons. The highest BCUT2D eigenvalue weighted by Gasteiger charge is 2.09. The molecular weight excluding hydrogens is 321 g/mol. The summed E-state index contributed by atoms with van der Waals surface area (Å²) in [5, 5.41) is 1.81. The maximum Gasteiger partial charge on any atom is 0.0603 e. The van der Waals surface area contributed by atoms with Crippen molar-refractivity contribution < 1.29 is 0 Å². The SMILES string of the molecule is NCCc1cccc(Cl)c1Sc1ccc(Cl)c(Cl)c1. The first kappa shape index (κ1) is 15.0. The van der Waals surface area contributed by atoms with Crippen molar-refractivity contribution in [1.82, 2.24) is 0 Å². The Morgan fingerprint density at radius 2 is 1.74 bits per heavy atom. The number of hydrogen-bond acceptors (Lipinski definition) is 2. The van der Waals surface area contributed by atoms with Gasteiger partial charge in [0, 0.05) is 9.79 Å². The van der Waals surface area contributed by atoms with Crippen molar-refractivity contribution in [2.75, 3.05) is 6.54 Å². The molecule has 0 aliphatic heterocycles. The quantitative estimate of drug-likeness (QED) is 0.822. The summed E-state index contributed by atoms with van der Waals surface area (Å²) >= 11 is 19.8. The van der Waals surface area contributed by atoms with Crippen molar-refractivity contribution in [3.05, 3.63) is 57.0 Å². The molecule has 1 nitrogen and oxygen atoms in total. The van der Waals surface area contributed by atoms with Gasteiger partial charge in [-0.25, -0.2) is 0 Å². The number of rotatable bonds is 4. The fourth-order valence-electron chi connectivity index (χ4n) is 1.68. The van der Waals surface area contributed by atoms with Gasteiger partial charge in [-0.15, -0.1) is 0 Å². The first-order valence-electron chi connectivity index (χ1n) is 5.72. The summed E-state index contributed by atoms with van der Waals surface area (Å²) in [7, 11) is 0. The van der Waals surface area contributed by atoms with Gasteiger partial charge in [0.2, 0.25) is 0 Å². The van der Waals surface area contributed by atoms with Gasteiger partial charge in [-0.05, 0) is 42.8 Å². The maximum absolute atomic E-state index is 6.27. The van der Waals surface area contributed by atoms with Crippen LogP contribution in [0.2, 0.25) is 15.1 Å². The second-order valence-electron chi connectivity index (χ2n) is 3.94. The van der Waals surface area contributed by atoms with Gasteiger partial charge in [0.15, 0.2) is 0 Å². The van der Waals surface area contributed by atoms with E-state index in [4.69, 9.17) is 40.5 Å². The summed E-state index contributed by atoms with van der Waals surface area (Å²) in [6.07, 6.45) is 0.796. The molecule has 0 amide bonds. The van der Waals surface area contributed by atoms with E-state index in [-0.39, 0.29) is 0 Å². The van der Waals surface area contributed by atoms with Gasteiger partial charge in [-0.1, -0.05) is 58.7 Å². The fourth-order valence-corrected chi connectivity index (χ4v) is 3.37. The van der Waals surface area contributed by atoms with Crippen molar-refractivity contribution in [2.45, 2.75) is 16.2 Å². The van der Waals surface area contributed by atoms with Crippen molar-refractivity contribution >= 4 is 46.6 Å². The first-order valence-corrected chi connectivity index (χ1v) is 7.67. The molecule has 0 aliphatic carbocycles. The van der Waals surface area contributed by atoms with E-state index in [0.717, 1.165) is 26.8 Å². The Labute approximate surface area is 132 Å². The van der Waals surface area contributed by atoms with E-state index in [1.54, 1.807) is 17.8 Å². The lowest BCUT2D eigenvalue weighted by atomic mass is 10.1. The predicted molar refractivity (Wildman–Crippen MR) is 84.8 cm³/mol. The van der Waals surface area contributed by atoms with Crippen LogP contribution in [0.1, 0.15) is 5.56 Å². The molecule has 2 aromatic rings. The third-order valence-electron chi connectivity index (χ3n) is 2.57. The number of nitrogens with two attached hydrogens (primary N) is 1. The van der Waals surface area contributed by atoms with Crippen LogP contribution in [-0.4, -0.2) is 6.54 Å². The minimum Gasteiger partial charge on any atom is -0.330 e. The number of hydrogen-bond donors (Lipinski definition) is 1. The molecule has 2 rings (SSSR count). The van der Waals surface area contributed by atoms with E-state index in [9.17, 15) is 0 Å². The van der Waals surface area contributed by atoms with E-state index in [1.165, 1.54) is 0 Å². The van der Waals surface area contributed by atoms with E-state index in [2.05, 4.69) is 0 Å². The normalized spacial score (nSPS) is 10.7. The average Bonchev–Trinajstić information content (AvgIpc) is 2.38. The molecule has 0 heterocycles. The molecule has 2 N–H and O–H groups in total. The lowest BCUT2D eigenvalue weighted by Gasteiger charge is -2.11. The molecule has 0 aromatic heterocycles. The Hall–Kier alpha value is -0.380. The summed E-state index contributed by atoms with van der Waals surface area (Å²) in [5.41, 5.74) is 6.77. The van der Waals surface area contributed by atoms with Crippen LogP contribution in [0.5, 0.6) is 0 Å². The van der Waals surface area contributed by atoms with Gasteiger partial charge in [-0.2, -0.15) is 0 Å². The minimum atomic E-state index is 0.541. The predicted octanol–water partition coefficient (Wildman–Crippen LogP) is 5.30. The zero-order valence-electron chi connectivity index (χ0n) is 10.00. The summed E-state index contributed by atoms with van der Waals surface area (Å²) in [6.45, 7) is 0.593. The van der Waals surface area contributed by atoms with Gasteiger partial charge >= 0.3 is 0 Å². The number of halogens is 3. The lowest BCUT2D eigenvalue weighted by Crippen LogP contribution is -2.03. The third-order valence-corrected chi connectivity index (χ3v) is 4.92. The molecule has 0 fully saturated rings. The second-order valence-corrected chi connectivity index (χ2v) is 6.25. The van der Waals surface area contributed by atoms with Crippen LogP contribution in [-0.2, 0) is 6.42 Å². The Morgan fingerprint density at radius 3 is 2.42 bits per heavy atom. The highest BCUT2D eigenvalue weighted by atomic mass is 35.5. The maximum atomic E-state index is 6.27. The number of benzene rings is 2. The van der Waals surface area contributed by atoms with E-state index in [1.807, 2.05) is 30.3 Å². The Bertz CT molecular complexity index is 587. The van der Waals surface area contributed by atoms with Crippen LogP contribution in [0.4, 0.5) is 0 Å². The van der Waals surface area contributed by atoms with E-state index >= 15 is 0 Å². The topological polar surface area (TPSA) is 26.0 Å². The molecule has 0 atom stereocenters. The van der Waals surface area contributed by atoms with Gasteiger partial charge in [0.1, 0.15) is 0 Å². The zero-order valence-corrected chi connectivity index (χ0v) is 13.1. The fraction of sp³-hybridized carbons (Fsp3) is 0.143. The molecule has 19 heavy (non-hydrogen) atoms.